The van der Waals surface area contributed by atoms with Gasteiger partial charge in [-0.3, -0.25) is 10.1 Å². The minimum absolute atomic E-state index is 0.0342. The predicted octanol–water partition coefficient (Wildman–Crippen LogP) is 5.77. The number of likely N-dealkylation sites (tertiary alicyclic amines) is 1. The number of aliphatic carboxylic acids is 1. The molecular formula is C27H26ClN3O9S. The van der Waals surface area contributed by atoms with Crippen LogP contribution in [0.4, 0.5) is 16.2 Å². The highest BCUT2D eigenvalue weighted by molar-refractivity contribution is 7.18. The van der Waals surface area contributed by atoms with Crippen LogP contribution in [-0.2, 0) is 4.79 Å². The van der Waals surface area contributed by atoms with Crippen LogP contribution in [0.15, 0.2) is 42.5 Å². The van der Waals surface area contributed by atoms with Crippen molar-refractivity contribution in [3.63, 3.8) is 0 Å². The van der Waals surface area contributed by atoms with E-state index >= 15 is 0 Å². The van der Waals surface area contributed by atoms with Gasteiger partial charge in [-0.05, 0) is 55.5 Å². The van der Waals surface area contributed by atoms with E-state index in [1.807, 2.05) is 0 Å². The lowest BCUT2D eigenvalue weighted by atomic mass is 9.98. The van der Waals surface area contributed by atoms with Crippen molar-refractivity contribution in [2.45, 2.75) is 19.8 Å². The van der Waals surface area contributed by atoms with E-state index in [4.69, 9.17) is 26.2 Å². The smallest absolute Gasteiger partial charge is 0.349 e. The fourth-order valence-electron chi connectivity index (χ4n) is 4.43. The van der Waals surface area contributed by atoms with Gasteiger partial charge in [0.1, 0.15) is 17.2 Å². The molecule has 2 heterocycles. The van der Waals surface area contributed by atoms with Crippen molar-refractivity contribution in [3.8, 4) is 21.9 Å². The van der Waals surface area contributed by atoms with Crippen molar-refractivity contribution in [3.05, 3.63) is 68.0 Å². The number of carbonyl (C=O) groups is 3. The Morgan fingerprint density at radius 3 is 2.54 bits per heavy atom. The van der Waals surface area contributed by atoms with E-state index in [0.717, 1.165) is 11.3 Å². The van der Waals surface area contributed by atoms with Gasteiger partial charge in [0.15, 0.2) is 11.5 Å². The standard InChI is InChI=1S/C27H26ClN3O9S/c1-15-23(40-14-22(32)33)25(26(34)35)41-24(15)17-3-2-4-19(11-17)39-13-16-7-9-30(10-8-16)27(36)29-20-12-18(28)5-6-21(20)31(37)38/h2-6,11-12,16H,7-10,13-14H2,1H3,(H,29,36)(H,32,33)(H,34,35). The third kappa shape index (κ3) is 7.24. The van der Waals surface area contributed by atoms with Gasteiger partial charge in [0.2, 0.25) is 0 Å². The van der Waals surface area contributed by atoms with Crippen LogP contribution in [-0.4, -0.2) is 64.3 Å². The topological polar surface area (TPSA) is 169 Å². The van der Waals surface area contributed by atoms with Crippen LogP contribution in [0.3, 0.4) is 0 Å². The lowest BCUT2D eigenvalue weighted by Crippen LogP contribution is -2.42. The Morgan fingerprint density at radius 2 is 1.88 bits per heavy atom. The summed E-state index contributed by atoms with van der Waals surface area (Å²) in [7, 11) is 0. The van der Waals surface area contributed by atoms with Crippen LogP contribution in [0.5, 0.6) is 11.5 Å². The molecule has 3 aromatic rings. The van der Waals surface area contributed by atoms with Crippen LogP contribution in [0.1, 0.15) is 28.1 Å². The fraction of sp³-hybridized carbons (Fsp3) is 0.296. The molecule has 1 fully saturated rings. The van der Waals surface area contributed by atoms with Crippen LogP contribution in [0.25, 0.3) is 10.4 Å². The molecule has 1 aliphatic rings. The van der Waals surface area contributed by atoms with Gasteiger partial charge in [0, 0.05) is 34.6 Å². The van der Waals surface area contributed by atoms with Gasteiger partial charge in [-0.2, -0.15) is 0 Å². The molecular weight excluding hydrogens is 578 g/mol. The highest BCUT2D eigenvalue weighted by Crippen LogP contribution is 2.42. The molecule has 216 valence electrons. The largest absolute Gasteiger partial charge is 0.493 e. The number of nitro benzene ring substituents is 1. The number of benzene rings is 2. The van der Waals surface area contributed by atoms with Crippen LogP contribution >= 0.6 is 22.9 Å². The Bertz CT molecular complexity index is 1480. The number of thiophene rings is 1. The second-order valence-corrected chi connectivity index (χ2v) is 10.8. The minimum Gasteiger partial charge on any atom is -0.493 e. The van der Waals surface area contributed by atoms with Crippen molar-refractivity contribution in [1.29, 1.82) is 0 Å². The summed E-state index contributed by atoms with van der Waals surface area (Å²) in [6.45, 7) is 2.31. The number of rotatable bonds is 10. The van der Waals surface area contributed by atoms with E-state index in [9.17, 15) is 29.6 Å². The summed E-state index contributed by atoms with van der Waals surface area (Å²) in [5.41, 5.74) is 1.03. The summed E-state index contributed by atoms with van der Waals surface area (Å²) >= 11 is 6.94. The number of amides is 2. The van der Waals surface area contributed by atoms with Crippen molar-refractivity contribution in [1.82, 2.24) is 4.90 Å². The molecule has 0 aliphatic carbocycles. The molecule has 0 bridgehead atoms. The molecule has 2 aromatic carbocycles. The zero-order valence-electron chi connectivity index (χ0n) is 21.8. The number of piperidine rings is 1. The number of hydrogen-bond acceptors (Lipinski definition) is 8. The summed E-state index contributed by atoms with van der Waals surface area (Å²) in [5.74, 6) is -1.63. The molecule has 1 aliphatic heterocycles. The number of ether oxygens (including phenoxy) is 2. The number of aromatic carboxylic acids is 1. The lowest BCUT2D eigenvalue weighted by molar-refractivity contribution is -0.383. The number of carbonyl (C=O) groups excluding carboxylic acids is 1. The minimum atomic E-state index is -1.21. The molecule has 3 N–H and O–H groups in total. The first-order valence-corrected chi connectivity index (χ1v) is 13.7. The Kier molecular flexibility index (Phi) is 9.30. The van der Waals surface area contributed by atoms with Crippen LogP contribution in [0.2, 0.25) is 5.02 Å². The maximum atomic E-state index is 12.7. The van der Waals surface area contributed by atoms with E-state index in [-0.39, 0.29) is 32.9 Å². The maximum absolute atomic E-state index is 12.7. The number of anilines is 1. The van der Waals surface area contributed by atoms with Crippen molar-refractivity contribution in [2.24, 2.45) is 5.92 Å². The van der Waals surface area contributed by atoms with Gasteiger partial charge in [0.25, 0.3) is 5.69 Å². The normalized spacial score (nSPS) is 13.5. The van der Waals surface area contributed by atoms with Crippen molar-refractivity contribution >= 4 is 52.3 Å². The number of urea groups is 1. The molecule has 2 amide bonds. The van der Waals surface area contributed by atoms with Crippen LogP contribution < -0.4 is 14.8 Å². The zero-order valence-corrected chi connectivity index (χ0v) is 23.4. The number of nitro groups is 1. The fourth-order valence-corrected chi connectivity index (χ4v) is 5.69. The third-order valence-corrected chi connectivity index (χ3v) is 8.05. The SMILES string of the molecule is Cc1c(-c2cccc(OCC3CCN(C(=O)Nc4cc(Cl)ccc4[N+](=O)[O-])CC3)c2)sc(C(=O)O)c1OCC(=O)O. The first-order chi connectivity index (χ1) is 19.5. The first kappa shape index (κ1) is 29.6. The highest BCUT2D eigenvalue weighted by atomic mass is 35.5. The number of halogens is 1. The molecule has 0 unspecified atom stereocenters. The number of nitrogens with zero attached hydrogens (tertiary/aromatic N) is 2. The quantitative estimate of drug-likeness (QED) is 0.192. The Morgan fingerprint density at radius 1 is 1.15 bits per heavy atom. The monoisotopic (exact) mass is 603 g/mol. The van der Waals surface area contributed by atoms with E-state index < -0.39 is 29.5 Å². The predicted molar refractivity (Wildman–Crippen MR) is 151 cm³/mol. The van der Waals surface area contributed by atoms with Gasteiger partial charge in [-0.15, -0.1) is 11.3 Å². The maximum Gasteiger partial charge on any atom is 0.349 e. The average Bonchev–Trinajstić information content (AvgIpc) is 3.27. The van der Waals surface area contributed by atoms with E-state index in [1.54, 1.807) is 36.1 Å². The van der Waals surface area contributed by atoms with Gasteiger partial charge >= 0.3 is 18.0 Å². The van der Waals surface area contributed by atoms with Crippen molar-refractivity contribution < 1.29 is 39.0 Å². The van der Waals surface area contributed by atoms with E-state index in [2.05, 4.69) is 5.32 Å². The van der Waals surface area contributed by atoms with E-state index in [0.29, 0.717) is 54.3 Å². The summed E-state index contributed by atoms with van der Waals surface area (Å²) in [5, 5.41) is 32.6. The lowest BCUT2D eigenvalue weighted by Gasteiger charge is -2.31. The molecule has 12 nitrogen and oxygen atoms in total. The summed E-state index contributed by atoms with van der Waals surface area (Å²) < 4.78 is 11.3. The molecule has 0 saturated carbocycles. The first-order valence-electron chi connectivity index (χ1n) is 12.5. The summed E-state index contributed by atoms with van der Waals surface area (Å²) in [4.78, 5) is 48.2. The summed E-state index contributed by atoms with van der Waals surface area (Å²) in [6.07, 6.45) is 1.34. The zero-order chi connectivity index (χ0) is 29.7. The molecule has 0 atom stereocenters. The number of carboxylic acid groups (broad SMARTS) is 2. The third-order valence-electron chi connectivity index (χ3n) is 6.51. The Hall–Kier alpha value is -4.36. The van der Waals surface area contributed by atoms with Gasteiger partial charge in [0.05, 0.1) is 11.5 Å². The number of hydrogen-bond donors (Lipinski definition) is 3. The van der Waals surface area contributed by atoms with Crippen LogP contribution in [0, 0.1) is 23.0 Å². The van der Waals surface area contributed by atoms with Crippen molar-refractivity contribution in [2.75, 3.05) is 31.6 Å². The van der Waals surface area contributed by atoms with Gasteiger partial charge in [-0.1, -0.05) is 23.7 Å². The molecule has 0 spiro atoms. The van der Waals surface area contributed by atoms with E-state index in [1.165, 1.54) is 18.2 Å². The molecule has 0 radical (unpaired) electrons. The molecule has 1 aromatic heterocycles. The molecule has 14 heteroatoms. The average molecular weight is 604 g/mol. The Labute approximate surface area is 243 Å². The molecule has 4 rings (SSSR count). The highest BCUT2D eigenvalue weighted by Gasteiger charge is 2.26. The number of nitrogens with one attached hydrogen (secondary N) is 1. The second kappa shape index (κ2) is 12.9. The molecule has 1 saturated heterocycles. The summed E-state index contributed by atoms with van der Waals surface area (Å²) in [6, 6.07) is 10.7. The van der Waals surface area contributed by atoms with Gasteiger partial charge < -0.3 is 29.9 Å². The Balaban J connectivity index is 1.35. The second-order valence-electron chi connectivity index (χ2n) is 9.32. The van der Waals surface area contributed by atoms with Gasteiger partial charge in [-0.25, -0.2) is 14.4 Å². The molecule has 41 heavy (non-hydrogen) atoms. The number of carboxylic acids is 2.